The summed E-state index contributed by atoms with van der Waals surface area (Å²) in [4.78, 5) is 33.7. The van der Waals surface area contributed by atoms with Crippen LogP contribution in [-0.2, 0) is 11.3 Å². The van der Waals surface area contributed by atoms with E-state index in [0.29, 0.717) is 30.9 Å². The van der Waals surface area contributed by atoms with Crippen LogP contribution in [0.3, 0.4) is 0 Å². The summed E-state index contributed by atoms with van der Waals surface area (Å²) in [5.41, 5.74) is 4.94. The predicted octanol–water partition coefficient (Wildman–Crippen LogP) is 4.24. The second-order valence-electron chi connectivity index (χ2n) is 8.70. The Morgan fingerprint density at radius 3 is 2.79 bits per heavy atom. The number of hydrogen-bond donors (Lipinski definition) is 1. The molecule has 0 saturated carbocycles. The third-order valence-corrected chi connectivity index (χ3v) is 6.27. The molecule has 1 saturated heterocycles. The minimum atomic E-state index is -0.296. The number of halogens is 1. The average molecular weight is 445 g/mol. The van der Waals surface area contributed by atoms with Gasteiger partial charge in [0.2, 0.25) is 5.91 Å². The highest BCUT2D eigenvalue weighted by atomic mass is 19.1. The number of fused-ring (bicyclic) bond motifs is 1. The summed E-state index contributed by atoms with van der Waals surface area (Å²) >= 11 is 0. The van der Waals surface area contributed by atoms with E-state index in [1.165, 1.54) is 12.1 Å². The molecule has 1 fully saturated rings. The lowest BCUT2D eigenvalue weighted by molar-refractivity contribution is -0.130. The zero-order valence-corrected chi connectivity index (χ0v) is 18.4. The Morgan fingerprint density at radius 1 is 1.12 bits per heavy atom. The van der Waals surface area contributed by atoms with Crippen molar-refractivity contribution in [3.05, 3.63) is 89.0 Å². The number of amides is 2. The standard InChI is InChI=1S/C26H25FN4O2/c1-17-11-22(29-21-7-4-6-20(27)12-21)13-24(28-17)19-9-10-30(15-19)25(32)16-31-14-18-5-2-3-8-23(18)26(31)33/h2-8,11-13,19H,9-10,14-16H2,1H3,(H,28,29)/t19-/m0/s1. The highest BCUT2D eigenvalue weighted by Gasteiger charge is 2.33. The average Bonchev–Trinajstić information content (AvgIpc) is 3.39. The fraction of sp³-hybridized carbons (Fsp3) is 0.269. The number of anilines is 2. The number of aromatic nitrogens is 1. The largest absolute Gasteiger partial charge is 0.355 e. The van der Waals surface area contributed by atoms with Gasteiger partial charge in [0.1, 0.15) is 12.4 Å². The van der Waals surface area contributed by atoms with E-state index in [2.05, 4.69) is 5.32 Å². The second kappa shape index (κ2) is 8.65. The van der Waals surface area contributed by atoms with Crippen molar-refractivity contribution in [3.63, 3.8) is 0 Å². The van der Waals surface area contributed by atoms with Crippen molar-refractivity contribution in [2.75, 3.05) is 25.0 Å². The zero-order valence-electron chi connectivity index (χ0n) is 18.4. The van der Waals surface area contributed by atoms with Crippen LogP contribution in [-0.4, -0.2) is 46.2 Å². The van der Waals surface area contributed by atoms with Crippen molar-refractivity contribution >= 4 is 23.2 Å². The lowest BCUT2D eigenvalue weighted by atomic mass is 10.0. The fourth-order valence-corrected chi connectivity index (χ4v) is 4.64. The highest BCUT2D eigenvalue weighted by molar-refractivity contribution is 6.00. The van der Waals surface area contributed by atoms with Gasteiger partial charge in [0.25, 0.3) is 5.91 Å². The maximum Gasteiger partial charge on any atom is 0.254 e. The summed E-state index contributed by atoms with van der Waals surface area (Å²) in [5.74, 6) is -0.295. The number of benzene rings is 2. The first-order valence-electron chi connectivity index (χ1n) is 11.1. The monoisotopic (exact) mass is 444 g/mol. The lowest BCUT2D eigenvalue weighted by Gasteiger charge is -2.21. The molecule has 3 heterocycles. The predicted molar refractivity (Wildman–Crippen MR) is 124 cm³/mol. The third-order valence-electron chi connectivity index (χ3n) is 6.27. The second-order valence-corrected chi connectivity index (χ2v) is 8.70. The van der Waals surface area contributed by atoms with Crippen molar-refractivity contribution in [3.8, 4) is 0 Å². The van der Waals surface area contributed by atoms with Crippen LogP contribution < -0.4 is 5.32 Å². The van der Waals surface area contributed by atoms with Crippen LogP contribution in [0.4, 0.5) is 15.8 Å². The minimum absolute atomic E-state index is 0.0376. The van der Waals surface area contributed by atoms with E-state index in [9.17, 15) is 14.0 Å². The Bertz CT molecular complexity index is 1230. The molecule has 0 spiro atoms. The summed E-state index contributed by atoms with van der Waals surface area (Å²) in [5, 5.41) is 3.24. The van der Waals surface area contributed by atoms with Crippen LogP contribution >= 0.6 is 0 Å². The molecule has 0 radical (unpaired) electrons. The van der Waals surface area contributed by atoms with Gasteiger partial charge in [-0.2, -0.15) is 0 Å². The van der Waals surface area contributed by atoms with Gasteiger partial charge in [-0.3, -0.25) is 14.6 Å². The van der Waals surface area contributed by atoms with Crippen LogP contribution in [0.2, 0.25) is 0 Å². The smallest absolute Gasteiger partial charge is 0.254 e. The summed E-state index contributed by atoms with van der Waals surface area (Å²) in [6, 6.07) is 17.7. The van der Waals surface area contributed by atoms with Gasteiger partial charge in [-0.05, 0) is 55.3 Å². The topological polar surface area (TPSA) is 65.5 Å². The SMILES string of the molecule is Cc1cc(Nc2cccc(F)c2)cc([C@H]2CCN(C(=O)CN3Cc4ccccc4C3=O)C2)n1. The molecule has 6 nitrogen and oxygen atoms in total. The third kappa shape index (κ3) is 4.44. The molecule has 33 heavy (non-hydrogen) atoms. The molecule has 2 amide bonds. The van der Waals surface area contributed by atoms with Crippen LogP contribution in [0.25, 0.3) is 0 Å². The Hall–Kier alpha value is -3.74. The number of carbonyl (C=O) groups excluding carboxylic acids is 2. The van der Waals surface area contributed by atoms with Crippen molar-refractivity contribution in [2.24, 2.45) is 0 Å². The molecule has 5 rings (SSSR count). The molecule has 0 aliphatic carbocycles. The Labute approximate surface area is 192 Å². The van der Waals surface area contributed by atoms with Crippen LogP contribution in [0, 0.1) is 12.7 Å². The molecular weight excluding hydrogens is 419 g/mol. The van der Waals surface area contributed by atoms with Gasteiger partial charge in [0.15, 0.2) is 0 Å². The van der Waals surface area contributed by atoms with Crippen LogP contribution in [0.5, 0.6) is 0 Å². The Kier molecular flexibility index (Phi) is 5.54. The molecular formula is C26H25FN4O2. The van der Waals surface area contributed by atoms with E-state index in [1.807, 2.05) is 54.3 Å². The molecule has 1 N–H and O–H groups in total. The van der Waals surface area contributed by atoms with Gasteiger partial charge in [-0.1, -0.05) is 24.3 Å². The number of aryl methyl sites for hydroxylation is 1. The van der Waals surface area contributed by atoms with Gasteiger partial charge in [0.05, 0.1) is 0 Å². The van der Waals surface area contributed by atoms with Crippen molar-refractivity contribution in [1.29, 1.82) is 0 Å². The van der Waals surface area contributed by atoms with E-state index in [4.69, 9.17) is 4.98 Å². The molecule has 0 unspecified atom stereocenters. The normalized spacial score (nSPS) is 17.4. The first kappa shape index (κ1) is 21.1. The van der Waals surface area contributed by atoms with E-state index < -0.39 is 0 Å². The quantitative estimate of drug-likeness (QED) is 0.639. The first-order chi connectivity index (χ1) is 16.0. The number of pyridine rings is 1. The van der Waals surface area contributed by atoms with Crippen LogP contribution in [0.1, 0.15) is 39.6 Å². The molecule has 2 aromatic carbocycles. The fourth-order valence-electron chi connectivity index (χ4n) is 4.64. The minimum Gasteiger partial charge on any atom is -0.355 e. The number of nitrogens with one attached hydrogen (secondary N) is 1. The summed E-state index contributed by atoms with van der Waals surface area (Å²) in [7, 11) is 0. The molecule has 2 aliphatic heterocycles. The van der Waals surface area contributed by atoms with E-state index in [1.54, 1.807) is 11.0 Å². The molecule has 2 aliphatic rings. The van der Waals surface area contributed by atoms with Crippen LogP contribution in [0.15, 0.2) is 60.7 Å². The van der Waals surface area contributed by atoms with Crippen molar-refractivity contribution < 1.29 is 14.0 Å². The number of carbonyl (C=O) groups is 2. The maximum atomic E-state index is 13.5. The molecule has 3 aromatic rings. The van der Waals surface area contributed by atoms with Crippen molar-refractivity contribution in [2.45, 2.75) is 25.8 Å². The number of nitrogens with zero attached hydrogens (tertiary/aromatic N) is 3. The maximum absolute atomic E-state index is 13.5. The summed E-state index contributed by atoms with van der Waals surface area (Å²) < 4.78 is 13.5. The summed E-state index contributed by atoms with van der Waals surface area (Å²) in [6.45, 7) is 3.71. The van der Waals surface area contributed by atoms with E-state index in [-0.39, 0.29) is 30.1 Å². The molecule has 0 bridgehead atoms. The van der Waals surface area contributed by atoms with E-state index >= 15 is 0 Å². The highest BCUT2D eigenvalue weighted by Crippen LogP contribution is 2.30. The van der Waals surface area contributed by atoms with Gasteiger partial charge in [-0.25, -0.2) is 4.39 Å². The molecule has 168 valence electrons. The number of hydrogen-bond acceptors (Lipinski definition) is 4. The Morgan fingerprint density at radius 2 is 1.97 bits per heavy atom. The van der Waals surface area contributed by atoms with Gasteiger partial charge < -0.3 is 15.1 Å². The van der Waals surface area contributed by atoms with Gasteiger partial charge in [0, 0.05) is 53.9 Å². The van der Waals surface area contributed by atoms with Gasteiger partial charge in [-0.15, -0.1) is 0 Å². The zero-order chi connectivity index (χ0) is 22.9. The Balaban J connectivity index is 1.24. The number of likely N-dealkylation sites (tertiary alicyclic amines) is 1. The number of rotatable bonds is 5. The molecule has 1 aromatic heterocycles. The van der Waals surface area contributed by atoms with Crippen molar-refractivity contribution in [1.82, 2.24) is 14.8 Å². The molecule has 7 heteroatoms. The van der Waals surface area contributed by atoms with E-state index in [0.717, 1.165) is 29.1 Å². The lowest BCUT2D eigenvalue weighted by Crippen LogP contribution is -2.39. The molecule has 1 atom stereocenters. The summed E-state index contributed by atoms with van der Waals surface area (Å²) in [6.07, 6.45) is 0.815. The first-order valence-corrected chi connectivity index (χ1v) is 11.1. The van der Waals surface area contributed by atoms with Gasteiger partial charge >= 0.3 is 0 Å².